The van der Waals surface area contributed by atoms with E-state index < -0.39 is 0 Å². The second kappa shape index (κ2) is 11.5. The van der Waals surface area contributed by atoms with Gasteiger partial charge in [0.2, 0.25) is 0 Å². The molecule has 10 rings (SSSR count). The van der Waals surface area contributed by atoms with Gasteiger partial charge in [0.1, 0.15) is 11.2 Å². The van der Waals surface area contributed by atoms with Gasteiger partial charge in [-0.05, 0) is 91.6 Å². The maximum Gasteiger partial charge on any atom is 0.137 e. The van der Waals surface area contributed by atoms with Crippen molar-refractivity contribution in [3.8, 4) is 22.3 Å². The highest BCUT2D eigenvalue weighted by Crippen LogP contribution is 2.44. The van der Waals surface area contributed by atoms with Gasteiger partial charge in [-0.15, -0.1) is 0 Å². The minimum Gasteiger partial charge on any atom is -0.456 e. The Balaban J connectivity index is 1.13. The van der Waals surface area contributed by atoms with Crippen molar-refractivity contribution in [2.45, 2.75) is 0 Å². The largest absolute Gasteiger partial charge is 0.456 e. The Morgan fingerprint density at radius 1 is 0.320 bits per heavy atom. The summed E-state index contributed by atoms with van der Waals surface area (Å²) in [7, 11) is 0. The van der Waals surface area contributed by atoms with Gasteiger partial charge in [-0.3, -0.25) is 0 Å². The van der Waals surface area contributed by atoms with Crippen LogP contribution in [0, 0.1) is 0 Å². The summed E-state index contributed by atoms with van der Waals surface area (Å²) in [4.78, 5) is 2.37. The molecule has 0 aliphatic heterocycles. The fourth-order valence-electron chi connectivity index (χ4n) is 7.65. The smallest absolute Gasteiger partial charge is 0.137 e. The number of rotatable bonds is 5. The molecule has 0 aliphatic carbocycles. The predicted molar refractivity (Wildman–Crippen MR) is 212 cm³/mol. The van der Waals surface area contributed by atoms with E-state index in [9.17, 15) is 0 Å². The van der Waals surface area contributed by atoms with Gasteiger partial charge in [0.05, 0.1) is 5.69 Å². The predicted octanol–water partition coefficient (Wildman–Crippen LogP) is 13.8. The number of hydrogen-bond acceptors (Lipinski definition) is 2. The lowest BCUT2D eigenvalue weighted by Crippen LogP contribution is -2.10. The quantitative estimate of drug-likeness (QED) is 0.175. The summed E-state index contributed by atoms with van der Waals surface area (Å²) in [5.74, 6) is 0. The molecule has 234 valence electrons. The van der Waals surface area contributed by atoms with Crippen LogP contribution in [-0.4, -0.2) is 0 Å². The molecule has 0 amide bonds. The van der Waals surface area contributed by atoms with Crippen molar-refractivity contribution in [3.05, 3.63) is 188 Å². The summed E-state index contributed by atoms with van der Waals surface area (Å²) in [6, 6.07) is 67.6. The van der Waals surface area contributed by atoms with Crippen molar-refractivity contribution in [3.63, 3.8) is 0 Å². The lowest BCUT2D eigenvalue weighted by Gasteiger charge is -2.27. The molecule has 0 aliphatic rings. The van der Waals surface area contributed by atoms with Gasteiger partial charge in [0.15, 0.2) is 0 Å². The first-order chi connectivity index (χ1) is 24.8. The molecule has 2 nitrogen and oxygen atoms in total. The van der Waals surface area contributed by atoms with E-state index in [4.69, 9.17) is 4.42 Å². The summed E-state index contributed by atoms with van der Waals surface area (Å²) >= 11 is 0. The molecule has 0 radical (unpaired) electrons. The molecule has 1 heterocycles. The lowest BCUT2D eigenvalue weighted by atomic mass is 9.95. The highest BCUT2D eigenvalue weighted by atomic mass is 16.3. The van der Waals surface area contributed by atoms with Crippen LogP contribution in [0.4, 0.5) is 17.1 Å². The molecule has 50 heavy (non-hydrogen) atoms. The van der Waals surface area contributed by atoms with Gasteiger partial charge in [-0.2, -0.15) is 0 Å². The molecule has 0 spiro atoms. The second-order valence-corrected chi connectivity index (χ2v) is 12.9. The Kier molecular flexibility index (Phi) is 6.53. The molecule has 0 fully saturated rings. The van der Waals surface area contributed by atoms with Crippen molar-refractivity contribution >= 4 is 71.3 Å². The molecule has 0 unspecified atom stereocenters. The monoisotopic (exact) mass is 637 g/mol. The van der Waals surface area contributed by atoms with Crippen LogP contribution in [0.25, 0.3) is 76.5 Å². The van der Waals surface area contributed by atoms with E-state index >= 15 is 0 Å². The first-order valence-corrected chi connectivity index (χ1v) is 17.1. The van der Waals surface area contributed by atoms with E-state index in [2.05, 4.69) is 181 Å². The average molecular weight is 638 g/mol. The molecule has 0 saturated carbocycles. The van der Waals surface area contributed by atoms with Gasteiger partial charge in [-0.1, -0.05) is 140 Å². The highest BCUT2D eigenvalue weighted by Gasteiger charge is 2.19. The van der Waals surface area contributed by atoms with E-state index in [0.717, 1.165) is 39.0 Å². The van der Waals surface area contributed by atoms with E-state index in [-0.39, 0.29) is 0 Å². The Morgan fingerprint density at radius 2 is 0.940 bits per heavy atom. The number of fused-ring (bicyclic) bond motifs is 7. The van der Waals surface area contributed by atoms with Crippen LogP contribution in [0.15, 0.2) is 192 Å². The fourth-order valence-corrected chi connectivity index (χ4v) is 7.65. The van der Waals surface area contributed by atoms with Crippen LogP contribution >= 0.6 is 0 Å². The third-order valence-electron chi connectivity index (χ3n) is 10.0. The number of furan rings is 1. The van der Waals surface area contributed by atoms with Crippen molar-refractivity contribution < 1.29 is 4.42 Å². The van der Waals surface area contributed by atoms with Gasteiger partial charge in [0.25, 0.3) is 0 Å². The second-order valence-electron chi connectivity index (χ2n) is 12.9. The summed E-state index contributed by atoms with van der Waals surface area (Å²) in [6.45, 7) is 0. The number of para-hydroxylation sites is 1. The van der Waals surface area contributed by atoms with Crippen LogP contribution in [0.5, 0.6) is 0 Å². The molecular weight excluding hydrogens is 607 g/mol. The van der Waals surface area contributed by atoms with Crippen LogP contribution in [0.3, 0.4) is 0 Å². The minimum atomic E-state index is 0.876. The number of nitrogens with zero attached hydrogens (tertiary/aromatic N) is 1. The molecule has 9 aromatic carbocycles. The van der Waals surface area contributed by atoms with Gasteiger partial charge in [-0.25, -0.2) is 0 Å². The summed E-state index contributed by atoms with van der Waals surface area (Å²) in [5.41, 5.74) is 9.85. The van der Waals surface area contributed by atoms with Crippen LogP contribution in [0.2, 0.25) is 0 Å². The standard InChI is InChI=1S/C48H31NO/c1-3-16-39-33(11-1)13-10-21-40(39)35-15-9-14-34(29-35)32-23-25-37(26-24-32)49(38-27-28-45-44-20-7-8-22-47(44)50-48(45)31-38)46-30-36-12-2-4-17-41(36)42-18-5-6-19-43(42)46/h1-31H. The van der Waals surface area contributed by atoms with Crippen molar-refractivity contribution in [2.24, 2.45) is 0 Å². The molecule has 1 aromatic heterocycles. The Morgan fingerprint density at radius 3 is 1.80 bits per heavy atom. The average Bonchev–Trinajstić information content (AvgIpc) is 3.56. The molecule has 0 bridgehead atoms. The normalized spacial score (nSPS) is 11.6. The molecule has 0 N–H and O–H groups in total. The molecule has 10 aromatic rings. The van der Waals surface area contributed by atoms with Gasteiger partial charge >= 0.3 is 0 Å². The highest BCUT2D eigenvalue weighted by molar-refractivity contribution is 6.15. The fraction of sp³-hybridized carbons (Fsp3) is 0. The molecule has 2 heteroatoms. The van der Waals surface area contributed by atoms with Crippen molar-refractivity contribution in [2.75, 3.05) is 4.90 Å². The topological polar surface area (TPSA) is 16.4 Å². The summed E-state index contributed by atoms with van der Waals surface area (Å²) in [6.07, 6.45) is 0. The Bertz CT molecular complexity index is 2870. The van der Waals surface area contributed by atoms with E-state index in [0.29, 0.717) is 0 Å². The van der Waals surface area contributed by atoms with Crippen LogP contribution < -0.4 is 4.90 Å². The zero-order valence-electron chi connectivity index (χ0n) is 27.3. The van der Waals surface area contributed by atoms with Crippen LogP contribution in [0.1, 0.15) is 0 Å². The van der Waals surface area contributed by atoms with Gasteiger partial charge in [0, 0.05) is 33.6 Å². The van der Waals surface area contributed by atoms with Crippen LogP contribution in [-0.2, 0) is 0 Å². The Hall–Kier alpha value is -6.64. The lowest BCUT2D eigenvalue weighted by molar-refractivity contribution is 0.669. The molecule has 0 saturated heterocycles. The first-order valence-electron chi connectivity index (χ1n) is 17.1. The number of anilines is 3. The van der Waals surface area contributed by atoms with E-state index in [1.807, 2.05) is 12.1 Å². The first kappa shape index (κ1) is 28.4. The summed E-state index contributed by atoms with van der Waals surface area (Å²) in [5, 5.41) is 9.66. The zero-order valence-corrected chi connectivity index (χ0v) is 27.3. The molecular formula is C48H31NO. The maximum absolute atomic E-state index is 6.40. The Labute approximate surface area is 290 Å². The van der Waals surface area contributed by atoms with Gasteiger partial charge < -0.3 is 9.32 Å². The maximum atomic E-state index is 6.40. The number of benzene rings is 9. The van der Waals surface area contributed by atoms with E-state index in [1.54, 1.807) is 0 Å². The zero-order chi connectivity index (χ0) is 33.0. The van der Waals surface area contributed by atoms with Crippen molar-refractivity contribution in [1.82, 2.24) is 0 Å². The van der Waals surface area contributed by atoms with Crippen molar-refractivity contribution in [1.29, 1.82) is 0 Å². The number of hydrogen-bond donors (Lipinski definition) is 0. The minimum absolute atomic E-state index is 0.876. The van der Waals surface area contributed by atoms with E-state index in [1.165, 1.54) is 54.6 Å². The SMILES string of the molecule is c1cc(-c2ccc(N(c3ccc4c(c3)oc3ccccc34)c3cc4ccccc4c4ccccc34)cc2)cc(-c2cccc3ccccc23)c1. The third-order valence-corrected chi connectivity index (χ3v) is 10.0. The third kappa shape index (κ3) is 4.65. The molecule has 0 atom stereocenters. The summed E-state index contributed by atoms with van der Waals surface area (Å²) < 4.78 is 6.40.